The van der Waals surface area contributed by atoms with Gasteiger partial charge in [0.15, 0.2) is 9.84 Å². The molecule has 0 radical (unpaired) electrons. The summed E-state index contributed by atoms with van der Waals surface area (Å²) < 4.78 is 22.9. The molecule has 4 nitrogen and oxygen atoms in total. The molecule has 16 heavy (non-hydrogen) atoms. The van der Waals surface area contributed by atoms with Crippen molar-refractivity contribution in [1.82, 2.24) is 0 Å². The molecule has 1 fully saturated rings. The quantitative estimate of drug-likeness (QED) is 0.675. The molecule has 2 unspecified atom stereocenters. The molecule has 2 atom stereocenters. The van der Waals surface area contributed by atoms with Gasteiger partial charge in [0.2, 0.25) is 0 Å². The van der Waals surface area contributed by atoms with Crippen LogP contribution in [0.5, 0.6) is 0 Å². The van der Waals surface area contributed by atoms with Gasteiger partial charge in [0.1, 0.15) is 0 Å². The Morgan fingerprint density at radius 3 is 2.69 bits per heavy atom. The number of hydrogen-bond acceptors (Lipinski definition) is 5. The summed E-state index contributed by atoms with van der Waals surface area (Å²) in [7, 11) is -2.99. The second kappa shape index (κ2) is 5.71. The lowest BCUT2D eigenvalue weighted by molar-refractivity contribution is 0.0409. The highest BCUT2D eigenvalue weighted by Gasteiger charge is 2.45. The van der Waals surface area contributed by atoms with Gasteiger partial charge in [0.25, 0.3) is 0 Å². The van der Waals surface area contributed by atoms with Gasteiger partial charge in [0.05, 0.1) is 17.6 Å². The number of hydrogen-bond donors (Lipinski definition) is 2. The minimum atomic E-state index is -2.99. The third-order valence-electron chi connectivity index (χ3n) is 3.36. The van der Waals surface area contributed by atoms with Crippen LogP contribution in [0.2, 0.25) is 0 Å². The molecule has 1 saturated heterocycles. The SMILES string of the molecule is CSCCCC(O)C1(CN)CCS(=O)(=O)C1. The average Bonchev–Trinajstić information content (AvgIpc) is 2.56. The van der Waals surface area contributed by atoms with E-state index < -0.39 is 21.4 Å². The summed E-state index contributed by atoms with van der Waals surface area (Å²) >= 11 is 1.73. The second-order valence-electron chi connectivity index (χ2n) is 4.56. The minimum Gasteiger partial charge on any atom is -0.392 e. The summed E-state index contributed by atoms with van der Waals surface area (Å²) in [6.07, 6.45) is 3.50. The molecule has 6 heteroatoms. The molecule has 0 saturated carbocycles. The van der Waals surface area contributed by atoms with E-state index in [-0.39, 0.29) is 18.1 Å². The predicted octanol–water partition coefficient (Wildman–Crippen LogP) is 0.254. The van der Waals surface area contributed by atoms with Gasteiger partial charge in [-0.1, -0.05) is 0 Å². The molecule has 0 aromatic rings. The summed E-state index contributed by atoms with van der Waals surface area (Å²) in [5.74, 6) is 1.21. The third-order valence-corrected chi connectivity index (χ3v) is 5.90. The monoisotopic (exact) mass is 267 g/mol. The Balaban J connectivity index is 2.60. The molecule has 0 amide bonds. The fraction of sp³-hybridized carbons (Fsp3) is 1.00. The molecule has 0 spiro atoms. The Morgan fingerprint density at radius 2 is 2.25 bits per heavy atom. The molecule has 1 aliphatic heterocycles. The van der Waals surface area contributed by atoms with Crippen LogP contribution in [0.1, 0.15) is 19.3 Å². The van der Waals surface area contributed by atoms with Gasteiger partial charge < -0.3 is 10.8 Å². The van der Waals surface area contributed by atoms with Crippen molar-refractivity contribution < 1.29 is 13.5 Å². The van der Waals surface area contributed by atoms with Gasteiger partial charge in [-0.3, -0.25) is 0 Å². The van der Waals surface area contributed by atoms with Crippen LogP contribution in [-0.4, -0.2) is 49.7 Å². The molecule has 1 aliphatic rings. The van der Waals surface area contributed by atoms with Crippen molar-refractivity contribution in [2.45, 2.75) is 25.4 Å². The molecule has 0 aliphatic carbocycles. The van der Waals surface area contributed by atoms with Crippen molar-refractivity contribution >= 4 is 21.6 Å². The normalized spacial score (nSPS) is 30.4. The summed E-state index contributed by atoms with van der Waals surface area (Å²) in [4.78, 5) is 0. The lowest BCUT2D eigenvalue weighted by atomic mass is 9.80. The van der Waals surface area contributed by atoms with E-state index in [4.69, 9.17) is 5.73 Å². The van der Waals surface area contributed by atoms with E-state index in [1.54, 1.807) is 11.8 Å². The average molecular weight is 267 g/mol. The van der Waals surface area contributed by atoms with Crippen LogP contribution in [0.15, 0.2) is 0 Å². The molecule has 0 aromatic carbocycles. The fourth-order valence-corrected chi connectivity index (χ4v) is 4.88. The Labute approximate surface area is 102 Å². The number of aliphatic hydroxyl groups is 1. The van der Waals surface area contributed by atoms with Gasteiger partial charge in [-0.05, 0) is 31.3 Å². The molecule has 96 valence electrons. The van der Waals surface area contributed by atoms with E-state index >= 15 is 0 Å². The maximum Gasteiger partial charge on any atom is 0.151 e. The lowest BCUT2D eigenvalue weighted by Gasteiger charge is -2.31. The molecule has 0 bridgehead atoms. The second-order valence-corrected chi connectivity index (χ2v) is 7.73. The van der Waals surface area contributed by atoms with Crippen molar-refractivity contribution in [2.24, 2.45) is 11.1 Å². The van der Waals surface area contributed by atoms with E-state index in [1.165, 1.54) is 0 Å². The van der Waals surface area contributed by atoms with Crippen LogP contribution in [0.25, 0.3) is 0 Å². The van der Waals surface area contributed by atoms with Gasteiger partial charge in [-0.15, -0.1) is 0 Å². The highest BCUT2D eigenvalue weighted by atomic mass is 32.2. The van der Waals surface area contributed by atoms with Crippen LogP contribution in [-0.2, 0) is 9.84 Å². The van der Waals surface area contributed by atoms with E-state index in [0.29, 0.717) is 12.8 Å². The number of sulfone groups is 1. The summed E-state index contributed by atoms with van der Waals surface area (Å²) in [5, 5.41) is 10.1. The van der Waals surface area contributed by atoms with Crippen molar-refractivity contribution in [3.63, 3.8) is 0 Å². The number of aliphatic hydroxyl groups excluding tert-OH is 1. The van der Waals surface area contributed by atoms with Crippen molar-refractivity contribution in [3.05, 3.63) is 0 Å². The Bertz CT molecular complexity index is 318. The molecule has 1 heterocycles. The van der Waals surface area contributed by atoms with Crippen molar-refractivity contribution in [1.29, 1.82) is 0 Å². The van der Waals surface area contributed by atoms with Crippen LogP contribution >= 0.6 is 11.8 Å². The zero-order valence-electron chi connectivity index (χ0n) is 9.68. The Hall–Kier alpha value is 0.220. The highest BCUT2D eigenvalue weighted by Crippen LogP contribution is 2.36. The number of nitrogens with two attached hydrogens (primary N) is 1. The maximum atomic E-state index is 11.5. The van der Waals surface area contributed by atoms with Gasteiger partial charge in [-0.25, -0.2) is 8.42 Å². The smallest absolute Gasteiger partial charge is 0.151 e. The highest BCUT2D eigenvalue weighted by molar-refractivity contribution is 7.98. The summed E-state index contributed by atoms with van der Waals surface area (Å²) in [6.45, 7) is 0.257. The van der Waals surface area contributed by atoms with E-state index in [2.05, 4.69) is 0 Å². The minimum absolute atomic E-state index is 0.0525. The van der Waals surface area contributed by atoms with Gasteiger partial charge >= 0.3 is 0 Å². The van der Waals surface area contributed by atoms with Crippen LogP contribution in [0, 0.1) is 5.41 Å². The summed E-state index contributed by atoms with van der Waals surface area (Å²) in [6, 6.07) is 0. The van der Waals surface area contributed by atoms with Crippen LogP contribution < -0.4 is 5.73 Å². The number of thioether (sulfide) groups is 1. The maximum absolute atomic E-state index is 11.5. The molecule has 0 aromatic heterocycles. The fourth-order valence-electron chi connectivity index (χ4n) is 2.23. The Kier molecular flexibility index (Phi) is 5.10. The molecule has 3 N–H and O–H groups in total. The van der Waals surface area contributed by atoms with Gasteiger partial charge in [0, 0.05) is 12.0 Å². The topological polar surface area (TPSA) is 80.4 Å². The standard InChI is InChI=1S/C10H21NO3S2/c1-15-5-2-3-9(12)10(7-11)4-6-16(13,14)8-10/h9,12H,2-8,11H2,1H3. The van der Waals surface area contributed by atoms with Crippen molar-refractivity contribution in [3.8, 4) is 0 Å². The zero-order chi connectivity index (χ0) is 12.2. The van der Waals surface area contributed by atoms with E-state index in [1.807, 2.05) is 6.26 Å². The van der Waals surface area contributed by atoms with Crippen LogP contribution in [0.4, 0.5) is 0 Å². The first-order valence-corrected chi connectivity index (χ1v) is 8.75. The molecule has 1 rings (SSSR count). The van der Waals surface area contributed by atoms with E-state index in [9.17, 15) is 13.5 Å². The zero-order valence-corrected chi connectivity index (χ0v) is 11.3. The van der Waals surface area contributed by atoms with Crippen LogP contribution in [0.3, 0.4) is 0 Å². The lowest BCUT2D eigenvalue weighted by Crippen LogP contribution is -2.43. The first-order valence-electron chi connectivity index (χ1n) is 5.53. The van der Waals surface area contributed by atoms with Crippen molar-refractivity contribution in [2.75, 3.05) is 30.1 Å². The third kappa shape index (κ3) is 3.35. The summed E-state index contributed by atoms with van der Waals surface area (Å²) in [5.41, 5.74) is 5.08. The predicted molar refractivity (Wildman–Crippen MR) is 68.4 cm³/mol. The Morgan fingerprint density at radius 1 is 1.56 bits per heavy atom. The largest absolute Gasteiger partial charge is 0.392 e. The first kappa shape index (κ1) is 14.3. The molecular formula is C10H21NO3S2. The first-order chi connectivity index (χ1) is 7.46. The molecular weight excluding hydrogens is 246 g/mol. The van der Waals surface area contributed by atoms with E-state index in [0.717, 1.165) is 12.2 Å². The van der Waals surface area contributed by atoms with Gasteiger partial charge in [-0.2, -0.15) is 11.8 Å². The number of rotatable bonds is 6.